The van der Waals surface area contributed by atoms with Crippen LogP contribution in [0.3, 0.4) is 0 Å². The summed E-state index contributed by atoms with van der Waals surface area (Å²) in [5.74, 6) is 0.437. The summed E-state index contributed by atoms with van der Waals surface area (Å²) in [7, 11) is 3.47. The van der Waals surface area contributed by atoms with Crippen LogP contribution >= 0.6 is 23.2 Å². The Morgan fingerprint density at radius 3 is 2.39 bits per heavy atom. The highest BCUT2D eigenvalue weighted by molar-refractivity contribution is 6.33. The van der Waals surface area contributed by atoms with Crippen molar-refractivity contribution in [2.24, 2.45) is 0 Å². The third kappa shape index (κ3) is 4.18. The lowest BCUT2D eigenvalue weighted by Gasteiger charge is -2.33. The summed E-state index contributed by atoms with van der Waals surface area (Å²) in [5.41, 5.74) is 0.994. The molecule has 162 valence electrons. The van der Waals surface area contributed by atoms with E-state index in [0.717, 1.165) is 0 Å². The lowest BCUT2D eigenvalue weighted by atomic mass is 10.1. The van der Waals surface area contributed by atoms with Crippen molar-refractivity contribution in [1.29, 1.82) is 0 Å². The molecular formula is C21H22Cl2N6O2. The molecule has 0 spiro atoms. The van der Waals surface area contributed by atoms with Gasteiger partial charge in [0.15, 0.2) is 5.82 Å². The van der Waals surface area contributed by atoms with Gasteiger partial charge in [-0.2, -0.15) is 0 Å². The number of pyridine rings is 1. The van der Waals surface area contributed by atoms with Gasteiger partial charge in [-0.05, 0) is 43.2 Å². The molecule has 8 nitrogen and oxygen atoms in total. The summed E-state index contributed by atoms with van der Waals surface area (Å²) in [6, 6.07) is 8.58. The first-order valence-corrected chi connectivity index (χ1v) is 10.7. The largest absolute Gasteiger partial charge is 0.351 e. The second-order valence-corrected chi connectivity index (χ2v) is 8.46. The van der Waals surface area contributed by atoms with Crippen LogP contribution in [0.4, 0.5) is 4.79 Å². The van der Waals surface area contributed by atoms with Gasteiger partial charge < -0.3 is 9.80 Å². The van der Waals surface area contributed by atoms with E-state index in [1.807, 2.05) is 0 Å². The monoisotopic (exact) mass is 460 g/mol. The number of likely N-dealkylation sites (tertiary alicyclic amines) is 1. The minimum Gasteiger partial charge on any atom is -0.331 e. The number of piperidine rings is 1. The molecule has 3 aromatic rings. The van der Waals surface area contributed by atoms with E-state index in [1.165, 1.54) is 15.4 Å². The normalized spacial score (nSPS) is 14.6. The van der Waals surface area contributed by atoms with Crippen molar-refractivity contribution in [3.63, 3.8) is 0 Å². The summed E-state index contributed by atoms with van der Waals surface area (Å²) in [5, 5.41) is 5.65. The van der Waals surface area contributed by atoms with E-state index in [1.54, 1.807) is 60.4 Å². The molecule has 0 unspecified atom stereocenters. The van der Waals surface area contributed by atoms with E-state index in [2.05, 4.69) is 10.1 Å². The number of nitrogens with zero attached hydrogens (tertiary/aromatic N) is 6. The third-order valence-electron chi connectivity index (χ3n) is 5.36. The van der Waals surface area contributed by atoms with Crippen molar-refractivity contribution < 1.29 is 4.79 Å². The fourth-order valence-electron chi connectivity index (χ4n) is 3.76. The molecule has 2 amide bonds. The van der Waals surface area contributed by atoms with Gasteiger partial charge in [0.05, 0.1) is 16.8 Å². The zero-order valence-corrected chi connectivity index (χ0v) is 18.7. The first-order chi connectivity index (χ1) is 14.9. The molecule has 31 heavy (non-hydrogen) atoms. The Labute approximate surface area is 189 Å². The van der Waals surface area contributed by atoms with E-state index in [9.17, 15) is 9.59 Å². The van der Waals surface area contributed by atoms with Crippen molar-refractivity contribution in [3.05, 3.63) is 63.3 Å². The summed E-state index contributed by atoms with van der Waals surface area (Å²) < 4.78 is 3.05. The van der Waals surface area contributed by atoms with Gasteiger partial charge in [-0.3, -0.25) is 4.98 Å². The fourth-order valence-corrected chi connectivity index (χ4v) is 4.09. The minimum atomic E-state index is -0.261. The number of benzene rings is 1. The summed E-state index contributed by atoms with van der Waals surface area (Å²) in [4.78, 5) is 33.1. The number of rotatable bonds is 3. The Balaban J connectivity index is 1.75. The van der Waals surface area contributed by atoms with Crippen LogP contribution in [0.5, 0.6) is 0 Å². The topological polar surface area (TPSA) is 76.3 Å². The maximum Gasteiger partial charge on any atom is 0.351 e. The van der Waals surface area contributed by atoms with Crippen molar-refractivity contribution in [1.82, 2.24) is 29.1 Å². The first-order valence-electron chi connectivity index (χ1n) is 9.90. The predicted octanol–water partition coefficient (Wildman–Crippen LogP) is 3.72. The molecule has 1 saturated heterocycles. The molecule has 0 N–H and O–H groups in total. The van der Waals surface area contributed by atoms with Crippen molar-refractivity contribution >= 4 is 29.2 Å². The first kappa shape index (κ1) is 21.4. The van der Waals surface area contributed by atoms with Crippen LogP contribution in [0.2, 0.25) is 10.0 Å². The zero-order chi connectivity index (χ0) is 22.1. The number of aromatic nitrogens is 4. The fraction of sp³-hybridized carbons (Fsp3) is 0.333. The molecule has 0 aliphatic carbocycles. The van der Waals surface area contributed by atoms with Crippen LogP contribution in [-0.4, -0.2) is 62.3 Å². The second kappa shape index (κ2) is 8.72. The van der Waals surface area contributed by atoms with E-state index >= 15 is 0 Å². The molecule has 4 rings (SSSR count). The lowest BCUT2D eigenvalue weighted by molar-refractivity contribution is 0.145. The van der Waals surface area contributed by atoms with Gasteiger partial charge in [0.2, 0.25) is 0 Å². The van der Waals surface area contributed by atoms with E-state index in [0.29, 0.717) is 53.1 Å². The van der Waals surface area contributed by atoms with Crippen LogP contribution in [-0.2, 0) is 0 Å². The Hall–Kier alpha value is -2.84. The standard InChI is InChI=1S/C21H22Cl2N6O2/c1-26(2)20(30)27-11-8-16(9-12-27)29-21(31)28(15-5-3-14(22)4-6-15)19(25-29)17-7-10-24-13-18(17)23/h3-7,10,13,16H,8-9,11-12H2,1-2H3. The van der Waals surface area contributed by atoms with Crippen LogP contribution in [0.1, 0.15) is 18.9 Å². The van der Waals surface area contributed by atoms with Crippen LogP contribution in [0.15, 0.2) is 47.5 Å². The predicted molar refractivity (Wildman–Crippen MR) is 120 cm³/mol. The van der Waals surface area contributed by atoms with E-state index in [4.69, 9.17) is 23.2 Å². The summed E-state index contributed by atoms with van der Waals surface area (Å²) in [6.07, 6.45) is 4.42. The number of carbonyl (C=O) groups is 1. The third-order valence-corrected chi connectivity index (χ3v) is 5.92. The molecule has 0 bridgehead atoms. The molecule has 1 aliphatic heterocycles. The Kier molecular flexibility index (Phi) is 6.02. The van der Waals surface area contributed by atoms with E-state index in [-0.39, 0.29) is 17.8 Å². The highest BCUT2D eigenvalue weighted by atomic mass is 35.5. The molecule has 1 fully saturated rings. The molecule has 1 aromatic carbocycles. The summed E-state index contributed by atoms with van der Waals surface area (Å²) >= 11 is 12.4. The zero-order valence-electron chi connectivity index (χ0n) is 17.2. The van der Waals surface area contributed by atoms with E-state index < -0.39 is 0 Å². The second-order valence-electron chi connectivity index (χ2n) is 7.61. The molecule has 0 atom stereocenters. The molecular weight excluding hydrogens is 439 g/mol. The SMILES string of the molecule is CN(C)C(=O)N1CCC(n2nc(-c3ccncc3Cl)n(-c3ccc(Cl)cc3)c2=O)CC1. The quantitative estimate of drug-likeness (QED) is 0.596. The molecule has 0 saturated carbocycles. The van der Waals surface area contributed by atoms with Gasteiger partial charge in [0.1, 0.15) is 0 Å². The smallest absolute Gasteiger partial charge is 0.331 e. The molecule has 10 heteroatoms. The number of halogens is 2. The van der Waals surface area contributed by atoms with Crippen LogP contribution in [0, 0.1) is 0 Å². The number of carbonyl (C=O) groups excluding carboxylic acids is 1. The van der Waals surface area contributed by atoms with Gasteiger partial charge in [-0.25, -0.2) is 18.8 Å². The van der Waals surface area contributed by atoms with Gasteiger partial charge in [0.25, 0.3) is 0 Å². The summed E-state index contributed by atoms with van der Waals surface area (Å²) in [6.45, 7) is 1.13. The van der Waals surface area contributed by atoms with Gasteiger partial charge in [-0.15, -0.1) is 5.10 Å². The number of hydrogen-bond acceptors (Lipinski definition) is 4. The molecule has 3 heterocycles. The number of amides is 2. The minimum absolute atomic E-state index is 0.0262. The molecule has 2 aromatic heterocycles. The van der Waals surface area contributed by atoms with Crippen molar-refractivity contribution in [2.45, 2.75) is 18.9 Å². The maximum absolute atomic E-state index is 13.5. The average molecular weight is 461 g/mol. The Bertz CT molecular complexity index is 1150. The van der Waals surface area contributed by atoms with Gasteiger partial charge in [-0.1, -0.05) is 23.2 Å². The molecule has 1 aliphatic rings. The van der Waals surface area contributed by atoms with Crippen LogP contribution in [0.25, 0.3) is 17.1 Å². The Morgan fingerprint density at radius 2 is 1.77 bits per heavy atom. The molecule has 0 radical (unpaired) electrons. The highest BCUT2D eigenvalue weighted by Gasteiger charge is 2.29. The van der Waals surface area contributed by atoms with Gasteiger partial charge >= 0.3 is 11.7 Å². The van der Waals surface area contributed by atoms with Crippen molar-refractivity contribution in [2.75, 3.05) is 27.2 Å². The Morgan fingerprint density at radius 1 is 1.10 bits per heavy atom. The maximum atomic E-state index is 13.5. The van der Waals surface area contributed by atoms with Gasteiger partial charge in [0, 0.05) is 50.2 Å². The average Bonchev–Trinajstić information content (AvgIpc) is 3.11. The number of urea groups is 1. The lowest BCUT2D eigenvalue weighted by Crippen LogP contribution is -2.45. The number of hydrogen-bond donors (Lipinski definition) is 0. The van der Waals surface area contributed by atoms with Crippen molar-refractivity contribution in [3.8, 4) is 17.1 Å². The van der Waals surface area contributed by atoms with Crippen LogP contribution < -0.4 is 5.69 Å². The highest BCUT2D eigenvalue weighted by Crippen LogP contribution is 2.29.